The van der Waals surface area contributed by atoms with Gasteiger partial charge in [-0.15, -0.1) is 11.8 Å². The predicted octanol–water partition coefficient (Wildman–Crippen LogP) is 3.02. The quantitative estimate of drug-likeness (QED) is 0.366. The number of hydrazine groups is 1. The molecule has 0 spiro atoms. The van der Waals surface area contributed by atoms with Gasteiger partial charge in [0.25, 0.3) is 0 Å². The summed E-state index contributed by atoms with van der Waals surface area (Å²) in [7, 11) is 0. The van der Waals surface area contributed by atoms with Crippen molar-refractivity contribution in [2.24, 2.45) is 11.8 Å². The molecule has 3 N–H and O–H groups in total. The zero-order chi connectivity index (χ0) is 13.0. The van der Waals surface area contributed by atoms with Crippen LogP contribution in [0.5, 0.6) is 0 Å². The normalized spacial score (nSPS) is 12.5. The topological polar surface area (TPSA) is 81.2 Å². The van der Waals surface area contributed by atoms with Gasteiger partial charge in [0.2, 0.25) is 0 Å². The predicted molar refractivity (Wildman–Crippen MR) is 71.1 cm³/mol. The Morgan fingerprint density at radius 1 is 1.41 bits per heavy atom. The van der Waals surface area contributed by atoms with E-state index in [1.165, 1.54) is 11.8 Å². The molecular formula is C11H17N3O2S. The third-order valence-corrected chi connectivity index (χ3v) is 4.09. The Bertz CT molecular complexity index is 410. The molecule has 0 fully saturated rings. The first kappa shape index (κ1) is 13.8. The minimum absolute atomic E-state index is 0.0486. The van der Waals surface area contributed by atoms with Crippen LogP contribution in [0.2, 0.25) is 0 Å². The number of anilines is 1. The molecule has 1 atom stereocenters. The second kappa shape index (κ2) is 5.88. The van der Waals surface area contributed by atoms with Crippen molar-refractivity contribution in [3.63, 3.8) is 0 Å². The number of benzene rings is 1. The molecule has 5 nitrogen and oxygen atoms in total. The van der Waals surface area contributed by atoms with Crippen LogP contribution < -0.4 is 11.3 Å². The van der Waals surface area contributed by atoms with E-state index in [4.69, 9.17) is 5.84 Å². The number of hydrogen-bond acceptors (Lipinski definition) is 5. The maximum absolute atomic E-state index is 11.0. The third kappa shape index (κ3) is 3.34. The fourth-order valence-electron chi connectivity index (χ4n) is 1.26. The molecule has 0 radical (unpaired) electrons. The molecule has 0 aromatic heterocycles. The Hall–Kier alpha value is -1.27. The lowest BCUT2D eigenvalue weighted by atomic mass is 10.2. The van der Waals surface area contributed by atoms with E-state index in [1.54, 1.807) is 18.2 Å². The fraction of sp³-hybridized carbons (Fsp3) is 0.455. The molecule has 0 bridgehead atoms. The molecule has 0 amide bonds. The van der Waals surface area contributed by atoms with Gasteiger partial charge in [-0.3, -0.25) is 16.0 Å². The van der Waals surface area contributed by atoms with Crippen molar-refractivity contribution < 1.29 is 4.92 Å². The summed E-state index contributed by atoms with van der Waals surface area (Å²) in [5.41, 5.74) is 2.76. The first-order chi connectivity index (χ1) is 7.97. The van der Waals surface area contributed by atoms with Crippen LogP contribution in [0.3, 0.4) is 0 Å². The Morgan fingerprint density at radius 3 is 2.53 bits per heavy atom. The number of nitrogen functional groups attached to an aromatic ring is 1. The zero-order valence-corrected chi connectivity index (χ0v) is 11.0. The van der Waals surface area contributed by atoms with Crippen LogP contribution in [0.4, 0.5) is 11.4 Å². The molecule has 0 saturated heterocycles. The molecule has 1 unspecified atom stereocenters. The summed E-state index contributed by atoms with van der Waals surface area (Å²) >= 11 is 1.50. The molecule has 1 aromatic carbocycles. The van der Waals surface area contributed by atoms with Gasteiger partial charge in [-0.2, -0.15) is 0 Å². The van der Waals surface area contributed by atoms with Crippen LogP contribution in [-0.4, -0.2) is 10.2 Å². The molecule has 0 heterocycles. The lowest BCUT2D eigenvalue weighted by Crippen LogP contribution is -2.10. The van der Waals surface area contributed by atoms with Gasteiger partial charge in [0.05, 0.1) is 9.82 Å². The van der Waals surface area contributed by atoms with Gasteiger partial charge in [-0.05, 0) is 18.1 Å². The SMILES string of the molecule is CC(C)C(C)Sc1cccc(NN)c1[N+](=O)[O-]. The van der Waals surface area contributed by atoms with Crippen molar-refractivity contribution in [3.8, 4) is 0 Å². The van der Waals surface area contributed by atoms with Crippen molar-refractivity contribution in [2.75, 3.05) is 5.43 Å². The van der Waals surface area contributed by atoms with E-state index in [9.17, 15) is 10.1 Å². The van der Waals surface area contributed by atoms with Gasteiger partial charge in [-0.1, -0.05) is 26.8 Å². The van der Waals surface area contributed by atoms with Crippen LogP contribution in [0, 0.1) is 16.0 Å². The second-order valence-corrected chi connectivity index (χ2v) is 5.54. The zero-order valence-electron chi connectivity index (χ0n) is 10.1. The lowest BCUT2D eigenvalue weighted by Gasteiger charge is -2.15. The Labute approximate surface area is 105 Å². The minimum atomic E-state index is -0.398. The summed E-state index contributed by atoms with van der Waals surface area (Å²) in [4.78, 5) is 11.3. The number of nitro benzene ring substituents is 1. The number of thioether (sulfide) groups is 1. The average Bonchev–Trinajstić information content (AvgIpc) is 2.27. The maximum atomic E-state index is 11.0. The van der Waals surface area contributed by atoms with Crippen molar-refractivity contribution in [3.05, 3.63) is 28.3 Å². The van der Waals surface area contributed by atoms with Crippen LogP contribution >= 0.6 is 11.8 Å². The largest absolute Gasteiger partial charge is 0.318 e. The van der Waals surface area contributed by atoms with Crippen molar-refractivity contribution in [1.82, 2.24) is 0 Å². The fourth-order valence-corrected chi connectivity index (χ4v) is 2.38. The van der Waals surface area contributed by atoms with Crippen LogP contribution in [0.25, 0.3) is 0 Å². The Morgan fingerprint density at radius 2 is 2.06 bits per heavy atom. The van der Waals surface area contributed by atoms with E-state index in [0.717, 1.165) is 0 Å². The highest BCUT2D eigenvalue weighted by molar-refractivity contribution is 8.00. The summed E-state index contributed by atoms with van der Waals surface area (Å²) < 4.78 is 0. The van der Waals surface area contributed by atoms with Gasteiger partial charge in [0.15, 0.2) is 0 Å². The summed E-state index contributed by atoms with van der Waals surface area (Å²) in [6, 6.07) is 5.11. The summed E-state index contributed by atoms with van der Waals surface area (Å²) in [6.07, 6.45) is 0. The van der Waals surface area contributed by atoms with Gasteiger partial charge < -0.3 is 5.43 Å². The molecule has 1 aromatic rings. The van der Waals surface area contributed by atoms with E-state index < -0.39 is 4.92 Å². The van der Waals surface area contributed by atoms with Crippen molar-refractivity contribution >= 4 is 23.1 Å². The first-order valence-electron chi connectivity index (χ1n) is 5.38. The van der Waals surface area contributed by atoms with Gasteiger partial charge in [0.1, 0.15) is 5.69 Å². The van der Waals surface area contributed by atoms with E-state index in [0.29, 0.717) is 21.8 Å². The molecule has 0 aliphatic rings. The van der Waals surface area contributed by atoms with Crippen LogP contribution in [0.1, 0.15) is 20.8 Å². The molecule has 17 heavy (non-hydrogen) atoms. The summed E-state index contributed by atoms with van der Waals surface area (Å²) in [5.74, 6) is 5.74. The third-order valence-electron chi connectivity index (χ3n) is 2.59. The maximum Gasteiger partial charge on any atom is 0.307 e. The lowest BCUT2D eigenvalue weighted by molar-refractivity contribution is -0.386. The number of nitrogens with zero attached hydrogens (tertiary/aromatic N) is 1. The standard InChI is InChI=1S/C11H17N3O2S/c1-7(2)8(3)17-10-6-4-5-9(13-12)11(10)14(15)16/h4-8,13H,12H2,1-3H3. The van der Waals surface area contributed by atoms with Gasteiger partial charge in [-0.25, -0.2) is 0 Å². The highest BCUT2D eigenvalue weighted by Crippen LogP contribution is 2.38. The number of nitrogens with one attached hydrogen (secondary N) is 1. The molecule has 0 saturated carbocycles. The van der Waals surface area contributed by atoms with Crippen molar-refractivity contribution in [1.29, 1.82) is 0 Å². The van der Waals surface area contributed by atoms with E-state index in [1.807, 2.05) is 0 Å². The number of hydrogen-bond donors (Lipinski definition) is 2. The molecule has 6 heteroatoms. The molecule has 0 aliphatic carbocycles. The molecular weight excluding hydrogens is 238 g/mol. The van der Waals surface area contributed by atoms with E-state index in [-0.39, 0.29) is 5.69 Å². The van der Waals surface area contributed by atoms with Crippen molar-refractivity contribution in [2.45, 2.75) is 30.9 Å². The average molecular weight is 255 g/mol. The Balaban J connectivity index is 3.10. The number of nitrogens with two attached hydrogens (primary N) is 1. The summed E-state index contributed by atoms with van der Waals surface area (Å²) in [5, 5.41) is 11.4. The smallest absolute Gasteiger partial charge is 0.307 e. The molecule has 1 rings (SSSR count). The highest BCUT2D eigenvalue weighted by atomic mass is 32.2. The number of nitro groups is 1. The second-order valence-electron chi connectivity index (χ2n) is 4.12. The first-order valence-corrected chi connectivity index (χ1v) is 6.26. The minimum Gasteiger partial charge on any atom is -0.318 e. The van der Waals surface area contributed by atoms with E-state index >= 15 is 0 Å². The monoisotopic (exact) mass is 255 g/mol. The molecule has 94 valence electrons. The van der Waals surface area contributed by atoms with Crippen LogP contribution in [0.15, 0.2) is 23.1 Å². The number of para-hydroxylation sites is 1. The molecule has 0 aliphatic heterocycles. The Kier molecular flexibility index (Phi) is 4.77. The van der Waals surface area contributed by atoms with Gasteiger partial charge >= 0.3 is 5.69 Å². The summed E-state index contributed by atoms with van der Waals surface area (Å²) in [6.45, 7) is 6.24. The van der Waals surface area contributed by atoms with Gasteiger partial charge in [0, 0.05) is 5.25 Å². The van der Waals surface area contributed by atoms with Crippen LogP contribution in [-0.2, 0) is 0 Å². The highest BCUT2D eigenvalue weighted by Gasteiger charge is 2.21. The van der Waals surface area contributed by atoms with E-state index in [2.05, 4.69) is 26.2 Å². The number of rotatable bonds is 5.